The van der Waals surface area contributed by atoms with Crippen LogP contribution in [0.4, 0.5) is 0 Å². The first-order valence-corrected chi connectivity index (χ1v) is 7.97. The zero-order valence-corrected chi connectivity index (χ0v) is 12.9. The first-order chi connectivity index (χ1) is 10.2. The average Bonchev–Trinajstić information content (AvgIpc) is 2.53. The highest BCUT2D eigenvalue weighted by atomic mass is 32.2. The van der Waals surface area contributed by atoms with Crippen LogP contribution in [0.3, 0.4) is 0 Å². The van der Waals surface area contributed by atoms with E-state index < -0.39 is 6.10 Å². The molecular weight excluding hydrogens is 280 g/mol. The minimum Gasteiger partial charge on any atom is -0.392 e. The van der Waals surface area contributed by atoms with Gasteiger partial charge in [0.1, 0.15) is 0 Å². The summed E-state index contributed by atoms with van der Waals surface area (Å²) in [6.45, 7) is 1.80. The summed E-state index contributed by atoms with van der Waals surface area (Å²) in [5, 5.41) is 10.2. The summed E-state index contributed by atoms with van der Waals surface area (Å²) < 4.78 is 0. The number of hydrogen-bond acceptors (Lipinski definition) is 3. The normalized spacial score (nSPS) is 13.6. The molecule has 110 valence electrons. The maximum atomic E-state index is 12.2. The van der Waals surface area contributed by atoms with E-state index in [1.807, 2.05) is 60.7 Å². The molecule has 0 aromatic heterocycles. The molecule has 0 aliphatic heterocycles. The standard InChI is InChI=1S/C18H20O2S/c1-14(18(20)21-16-10-6-3-7-11-16)17(19)13-12-15-8-4-2-5-9-15/h2-11,14,17,19H,12-13H2,1H3/t14-,17-/m1/s1. The Balaban J connectivity index is 1.84. The van der Waals surface area contributed by atoms with E-state index in [2.05, 4.69) is 0 Å². The number of benzene rings is 2. The summed E-state index contributed by atoms with van der Waals surface area (Å²) in [5.74, 6) is -0.362. The number of aliphatic hydroxyl groups excluding tert-OH is 1. The van der Waals surface area contributed by atoms with Crippen LogP contribution in [0.1, 0.15) is 18.9 Å². The lowest BCUT2D eigenvalue weighted by Gasteiger charge is -2.17. The number of aryl methyl sites for hydroxylation is 1. The smallest absolute Gasteiger partial charge is 0.199 e. The highest BCUT2D eigenvalue weighted by molar-refractivity contribution is 8.13. The third-order valence-corrected chi connectivity index (χ3v) is 4.56. The lowest BCUT2D eigenvalue weighted by molar-refractivity contribution is -0.117. The van der Waals surface area contributed by atoms with Gasteiger partial charge < -0.3 is 5.11 Å². The van der Waals surface area contributed by atoms with Crippen molar-refractivity contribution in [1.29, 1.82) is 0 Å². The average molecular weight is 300 g/mol. The van der Waals surface area contributed by atoms with Crippen LogP contribution in [0.2, 0.25) is 0 Å². The summed E-state index contributed by atoms with van der Waals surface area (Å²) in [5.41, 5.74) is 1.19. The van der Waals surface area contributed by atoms with Crippen molar-refractivity contribution in [2.24, 2.45) is 5.92 Å². The Morgan fingerprint density at radius 2 is 1.62 bits per heavy atom. The molecule has 3 heteroatoms. The van der Waals surface area contributed by atoms with Gasteiger partial charge in [-0.15, -0.1) is 0 Å². The van der Waals surface area contributed by atoms with Crippen LogP contribution in [0, 0.1) is 5.92 Å². The highest BCUT2D eigenvalue weighted by Gasteiger charge is 2.22. The predicted octanol–water partition coefficient (Wildman–Crippen LogP) is 3.94. The Bertz CT molecular complexity index is 554. The number of aliphatic hydroxyl groups is 1. The molecule has 2 aromatic rings. The molecule has 0 fully saturated rings. The van der Waals surface area contributed by atoms with Gasteiger partial charge in [-0.1, -0.05) is 67.2 Å². The van der Waals surface area contributed by atoms with E-state index >= 15 is 0 Å². The molecule has 0 aliphatic carbocycles. The van der Waals surface area contributed by atoms with Crippen molar-refractivity contribution in [1.82, 2.24) is 0 Å². The second-order valence-corrected chi connectivity index (χ2v) is 6.19. The van der Waals surface area contributed by atoms with E-state index in [0.717, 1.165) is 11.3 Å². The molecular formula is C18H20O2S. The minimum absolute atomic E-state index is 0.0155. The van der Waals surface area contributed by atoms with E-state index in [4.69, 9.17) is 0 Å². The fourth-order valence-electron chi connectivity index (χ4n) is 2.06. The summed E-state index contributed by atoms with van der Waals surface area (Å²) in [6, 6.07) is 19.6. The van der Waals surface area contributed by atoms with E-state index in [0.29, 0.717) is 6.42 Å². The van der Waals surface area contributed by atoms with Crippen LogP contribution >= 0.6 is 11.8 Å². The maximum absolute atomic E-state index is 12.2. The SMILES string of the molecule is C[C@@H](C(=O)Sc1ccccc1)[C@H](O)CCc1ccccc1. The van der Waals surface area contributed by atoms with Gasteiger partial charge >= 0.3 is 0 Å². The van der Waals surface area contributed by atoms with Gasteiger partial charge in [0.15, 0.2) is 5.12 Å². The Morgan fingerprint density at radius 3 is 2.24 bits per heavy atom. The number of thioether (sulfide) groups is 1. The molecule has 0 radical (unpaired) electrons. The first kappa shape index (κ1) is 15.8. The highest BCUT2D eigenvalue weighted by Crippen LogP contribution is 2.24. The molecule has 0 saturated heterocycles. The number of hydrogen-bond donors (Lipinski definition) is 1. The van der Waals surface area contributed by atoms with E-state index in [-0.39, 0.29) is 11.0 Å². The van der Waals surface area contributed by atoms with Crippen LogP contribution in [-0.4, -0.2) is 16.3 Å². The molecule has 0 unspecified atom stereocenters. The molecule has 0 heterocycles. The van der Waals surface area contributed by atoms with Crippen LogP contribution in [-0.2, 0) is 11.2 Å². The lowest BCUT2D eigenvalue weighted by atomic mass is 9.99. The van der Waals surface area contributed by atoms with Crippen molar-refractivity contribution >= 4 is 16.9 Å². The molecule has 21 heavy (non-hydrogen) atoms. The molecule has 0 bridgehead atoms. The fraction of sp³-hybridized carbons (Fsp3) is 0.278. The van der Waals surface area contributed by atoms with Crippen molar-refractivity contribution in [2.45, 2.75) is 30.8 Å². The summed E-state index contributed by atoms with van der Waals surface area (Å²) in [7, 11) is 0. The molecule has 0 amide bonds. The number of rotatable bonds is 6. The van der Waals surface area contributed by atoms with Crippen molar-refractivity contribution < 1.29 is 9.90 Å². The summed E-state index contributed by atoms with van der Waals surface area (Å²) in [6.07, 6.45) is 0.788. The summed E-state index contributed by atoms with van der Waals surface area (Å²) >= 11 is 1.20. The monoisotopic (exact) mass is 300 g/mol. The largest absolute Gasteiger partial charge is 0.392 e. The zero-order chi connectivity index (χ0) is 15.1. The number of carbonyl (C=O) groups is 1. The predicted molar refractivity (Wildman–Crippen MR) is 87.2 cm³/mol. The van der Waals surface area contributed by atoms with Crippen molar-refractivity contribution in [3.05, 3.63) is 66.2 Å². The zero-order valence-electron chi connectivity index (χ0n) is 12.1. The minimum atomic E-state index is -0.603. The van der Waals surface area contributed by atoms with Gasteiger partial charge in [0.25, 0.3) is 0 Å². The lowest BCUT2D eigenvalue weighted by Crippen LogP contribution is -2.24. The van der Waals surface area contributed by atoms with Gasteiger partial charge in [0.05, 0.1) is 12.0 Å². The molecule has 0 spiro atoms. The third-order valence-electron chi connectivity index (χ3n) is 3.48. The molecule has 2 nitrogen and oxygen atoms in total. The molecule has 0 saturated carbocycles. The Hall–Kier alpha value is -1.58. The van der Waals surface area contributed by atoms with Gasteiger partial charge in [-0.05, 0) is 30.5 Å². The van der Waals surface area contributed by atoms with Gasteiger partial charge in [-0.3, -0.25) is 4.79 Å². The van der Waals surface area contributed by atoms with E-state index in [1.54, 1.807) is 6.92 Å². The van der Waals surface area contributed by atoms with Crippen molar-refractivity contribution in [2.75, 3.05) is 0 Å². The summed E-state index contributed by atoms with van der Waals surface area (Å²) in [4.78, 5) is 13.1. The van der Waals surface area contributed by atoms with Crippen LogP contribution in [0.15, 0.2) is 65.6 Å². The Labute approximate surface area is 130 Å². The Morgan fingerprint density at radius 1 is 1.05 bits per heavy atom. The maximum Gasteiger partial charge on any atom is 0.199 e. The van der Waals surface area contributed by atoms with Crippen molar-refractivity contribution in [3.63, 3.8) is 0 Å². The number of carbonyl (C=O) groups excluding carboxylic acids is 1. The quantitative estimate of drug-likeness (QED) is 0.821. The molecule has 1 N–H and O–H groups in total. The van der Waals surface area contributed by atoms with Gasteiger partial charge in [-0.2, -0.15) is 0 Å². The van der Waals surface area contributed by atoms with Gasteiger partial charge in [0.2, 0.25) is 0 Å². The van der Waals surface area contributed by atoms with Crippen LogP contribution in [0.5, 0.6) is 0 Å². The third kappa shape index (κ3) is 5.03. The van der Waals surface area contributed by atoms with Gasteiger partial charge in [0, 0.05) is 4.90 Å². The molecule has 2 atom stereocenters. The molecule has 2 aromatic carbocycles. The van der Waals surface area contributed by atoms with Crippen molar-refractivity contribution in [3.8, 4) is 0 Å². The molecule has 0 aliphatic rings. The van der Waals surface area contributed by atoms with E-state index in [1.165, 1.54) is 17.3 Å². The van der Waals surface area contributed by atoms with E-state index in [9.17, 15) is 9.90 Å². The van der Waals surface area contributed by atoms with Crippen LogP contribution < -0.4 is 0 Å². The first-order valence-electron chi connectivity index (χ1n) is 7.15. The van der Waals surface area contributed by atoms with Gasteiger partial charge in [-0.25, -0.2) is 0 Å². The second-order valence-electron chi connectivity index (χ2n) is 5.11. The molecule has 2 rings (SSSR count). The second kappa shape index (κ2) is 8.01. The van der Waals surface area contributed by atoms with Crippen LogP contribution in [0.25, 0.3) is 0 Å². The Kier molecular flexibility index (Phi) is 6.03. The topological polar surface area (TPSA) is 37.3 Å². The fourth-order valence-corrected chi connectivity index (χ4v) is 2.93.